The number of halogens is 1. The largest absolute Gasteiger partial charge is 1.00 e. The molecule has 25 heteroatoms. The number of fused-ring (bicyclic) bond motifs is 1. The van der Waals surface area contributed by atoms with E-state index in [9.17, 15) is 52.4 Å². The van der Waals surface area contributed by atoms with E-state index in [1.54, 1.807) is 0 Å². The minimum atomic E-state index is -5.63. The van der Waals surface area contributed by atoms with Crippen molar-refractivity contribution in [2.24, 2.45) is 10.2 Å². The molecule has 0 atom stereocenters. The molecule has 1 aromatic heterocycles. The molecular formula is C22H15ClN5Na3O12S4. The number of aryl methyl sites for hydroxylation is 1. The molecule has 3 aromatic carbocycles. The van der Waals surface area contributed by atoms with Crippen LogP contribution in [-0.4, -0.2) is 68.7 Å². The average Bonchev–Trinajstić information content (AvgIpc) is 2.88. The third kappa shape index (κ3) is 9.91. The number of phenols is 1. The predicted octanol–water partition coefficient (Wildman–Crippen LogP) is -6.42. The summed E-state index contributed by atoms with van der Waals surface area (Å²) in [5.74, 6) is -1.65. The molecule has 0 saturated heterocycles. The Morgan fingerprint density at radius 1 is 0.787 bits per heavy atom. The van der Waals surface area contributed by atoms with Crippen molar-refractivity contribution in [3.8, 4) is 5.75 Å². The molecule has 17 nitrogen and oxygen atoms in total. The van der Waals surface area contributed by atoms with Gasteiger partial charge in [0.2, 0.25) is 15.0 Å². The summed E-state index contributed by atoms with van der Waals surface area (Å²) in [4.78, 5) is 4.22. The molecule has 4 rings (SSSR count). The monoisotopic (exact) mass is 773 g/mol. The first-order chi connectivity index (χ1) is 20.1. The summed E-state index contributed by atoms with van der Waals surface area (Å²) in [6.45, 7) is 1.33. The van der Waals surface area contributed by atoms with Crippen LogP contribution in [0.1, 0.15) is 5.69 Å². The van der Waals surface area contributed by atoms with E-state index in [1.807, 2.05) is 0 Å². The zero-order valence-corrected chi connectivity index (χ0v) is 34.8. The van der Waals surface area contributed by atoms with Gasteiger partial charge in [-0.25, -0.2) is 38.7 Å². The number of phenolic OH excluding ortho intramolecular Hbond substituents is 1. The van der Waals surface area contributed by atoms with Gasteiger partial charge >= 0.3 is 88.7 Å². The van der Waals surface area contributed by atoms with Crippen LogP contribution in [0.4, 0.5) is 22.9 Å². The Morgan fingerprint density at radius 2 is 1.34 bits per heavy atom. The zero-order chi connectivity index (χ0) is 33.0. The van der Waals surface area contributed by atoms with Gasteiger partial charge in [-0.15, -0.1) is 10.2 Å². The second-order valence-corrected chi connectivity index (χ2v) is 15.1. The summed E-state index contributed by atoms with van der Waals surface area (Å²) in [6, 6.07) is 6.27. The summed E-state index contributed by atoms with van der Waals surface area (Å²) in [7, 11) is -20.2. The van der Waals surface area contributed by atoms with Crippen LogP contribution in [0.5, 0.6) is 5.75 Å². The third-order valence-electron chi connectivity index (χ3n) is 5.69. The van der Waals surface area contributed by atoms with Crippen LogP contribution in [0.15, 0.2) is 72.5 Å². The van der Waals surface area contributed by atoms with Crippen molar-refractivity contribution in [3.63, 3.8) is 0 Å². The van der Waals surface area contributed by atoms with E-state index in [0.717, 1.165) is 24.5 Å². The van der Waals surface area contributed by atoms with Crippen LogP contribution in [0.25, 0.3) is 10.8 Å². The van der Waals surface area contributed by atoms with Crippen LogP contribution >= 0.6 is 11.6 Å². The maximum atomic E-state index is 12.2. The quantitative estimate of drug-likeness (QED) is 0.0729. The SMILES string of the molecule is Cc1nc(S(C)(=O)=O)nc(Nc2ccc(S(=O)(=O)[O-])c3cc(S(=O)(=O)[O-])c(N=Nc4ccccc4S(=O)(=O)[O-])c(O)c23)c1Cl.[Na+].[Na+].[Na+]. The number of azo groups is 1. The number of nitrogens with one attached hydrogen (secondary N) is 1. The molecule has 0 fully saturated rings. The number of sulfone groups is 1. The van der Waals surface area contributed by atoms with Gasteiger partial charge in [-0.2, -0.15) is 4.98 Å². The van der Waals surface area contributed by atoms with Crippen molar-refractivity contribution in [1.29, 1.82) is 0 Å². The molecule has 234 valence electrons. The van der Waals surface area contributed by atoms with Crippen molar-refractivity contribution >= 4 is 85.4 Å². The van der Waals surface area contributed by atoms with E-state index in [4.69, 9.17) is 11.6 Å². The van der Waals surface area contributed by atoms with E-state index in [1.165, 1.54) is 19.1 Å². The summed E-state index contributed by atoms with van der Waals surface area (Å²) in [5.41, 5.74) is -2.16. The molecule has 0 radical (unpaired) electrons. The van der Waals surface area contributed by atoms with E-state index >= 15 is 0 Å². The van der Waals surface area contributed by atoms with Crippen LogP contribution in [0, 0.1) is 6.92 Å². The van der Waals surface area contributed by atoms with E-state index in [0.29, 0.717) is 12.1 Å². The number of rotatable bonds is 8. The van der Waals surface area contributed by atoms with Gasteiger partial charge in [0, 0.05) is 11.6 Å². The van der Waals surface area contributed by atoms with Crippen molar-refractivity contribution in [3.05, 3.63) is 53.2 Å². The molecule has 1 heterocycles. The van der Waals surface area contributed by atoms with Crippen molar-refractivity contribution < 1.29 is 141 Å². The molecule has 0 aliphatic heterocycles. The molecule has 0 bridgehead atoms. The van der Waals surface area contributed by atoms with Gasteiger partial charge in [-0.3, -0.25) is 0 Å². The molecule has 0 spiro atoms. The van der Waals surface area contributed by atoms with Crippen molar-refractivity contribution in [1.82, 2.24) is 9.97 Å². The van der Waals surface area contributed by atoms with Crippen LogP contribution in [-0.2, 0) is 40.2 Å². The van der Waals surface area contributed by atoms with Gasteiger partial charge in [0.15, 0.2) is 11.6 Å². The summed E-state index contributed by atoms with van der Waals surface area (Å²) >= 11 is 6.23. The Morgan fingerprint density at radius 3 is 1.87 bits per heavy atom. The second kappa shape index (κ2) is 16.0. The normalized spacial score (nSPS) is 12.2. The number of hydrogen-bond donors (Lipinski definition) is 2. The smallest absolute Gasteiger partial charge is 0.744 e. The Hall–Kier alpha value is -0.830. The third-order valence-corrected chi connectivity index (χ3v) is 9.61. The van der Waals surface area contributed by atoms with Crippen molar-refractivity contribution in [2.45, 2.75) is 26.8 Å². The van der Waals surface area contributed by atoms with E-state index in [-0.39, 0.29) is 105 Å². The van der Waals surface area contributed by atoms with Crippen molar-refractivity contribution in [2.75, 3.05) is 11.6 Å². The summed E-state index contributed by atoms with van der Waals surface area (Å²) in [5, 5.41) is 18.4. The molecule has 0 unspecified atom stereocenters. The zero-order valence-electron chi connectivity index (χ0n) is 24.8. The molecule has 0 amide bonds. The molecular weight excluding hydrogens is 759 g/mol. The van der Waals surface area contributed by atoms with Crippen LogP contribution < -0.4 is 94.0 Å². The standard InChI is InChI=1S/C22H18ClN5O12S4.3Na/c1-10-18(23)21(26-22(24-10)41(2,30)31)25-13-7-8-14(42(32,33)34)11-9-16(44(38,39)40)19(20(29)17(11)13)28-27-12-5-3-4-6-15(12)43(35,36)37;;;/h3-9,29H,1-2H3,(H,24,25,26)(H,32,33,34)(H,35,36,37)(H,38,39,40);;;/q;3*+1/p-3. The Balaban J connectivity index is 0.00000368. The fraction of sp³-hybridized carbons (Fsp3) is 0.0909. The van der Waals surface area contributed by atoms with Gasteiger partial charge in [0.1, 0.15) is 46.8 Å². The number of aromatic nitrogens is 2. The first-order valence-corrected chi connectivity index (χ1v) is 17.8. The molecule has 47 heavy (non-hydrogen) atoms. The molecule has 4 aromatic rings. The number of anilines is 2. The summed E-state index contributed by atoms with van der Waals surface area (Å²) in [6.07, 6.45) is 0.799. The number of nitrogens with zero attached hydrogens (tertiary/aromatic N) is 4. The Kier molecular flexibility index (Phi) is 15.1. The number of hydrogen-bond acceptors (Lipinski definition) is 17. The van der Waals surface area contributed by atoms with Gasteiger partial charge in [-0.1, -0.05) is 23.7 Å². The minimum absolute atomic E-state index is 0. The van der Waals surface area contributed by atoms with Gasteiger partial charge in [-0.05, 0) is 37.3 Å². The topological polar surface area (TPSA) is 288 Å². The molecule has 2 N–H and O–H groups in total. The minimum Gasteiger partial charge on any atom is -0.744 e. The maximum Gasteiger partial charge on any atom is 1.00 e. The Labute approximate surface area is 339 Å². The van der Waals surface area contributed by atoms with Gasteiger partial charge < -0.3 is 24.1 Å². The molecule has 0 aliphatic rings. The first-order valence-electron chi connectivity index (χ1n) is 11.3. The van der Waals surface area contributed by atoms with Crippen LogP contribution in [0.2, 0.25) is 5.02 Å². The van der Waals surface area contributed by atoms with E-state index < -0.39 is 93.7 Å². The average molecular weight is 774 g/mol. The second-order valence-electron chi connectivity index (χ2n) is 8.79. The van der Waals surface area contributed by atoms with Crippen LogP contribution in [0.3, 0.4) is 0 Å². The predicted molar refractivity (Wildman–Crippen MR) is 148 cm³/mol. The molecule has 0 aliphatic carbocycles. The fourth-order valence-corrected chi connectivity index (χ4v) is 6.41. The Bertz CT molecular complexity index is 2360. The van der Waals surface area contributed by atoms with Gasteiger partial charge in [0.25, 0.3) is 0 Å². The van der Waals surface area contributed by atoms with Gasteiger partial charge in [0.05, 0.1) is 31.5 Å². The maximum absolute atomic E-state index is 12.2. The number of aromatic hydroxyl groups is 1. The summed E-state index contributed by atoms with van der Waals surface area (Å²) < 4.78 is 132. The molecule has 0 saturated carbocycles. The fourth-order valence-electron chi connectivity index (χ4n) is 3.81. The van der Waals surface area contributed by atoms with E-state index in [2.05, 4.69) is 25.5 Å². The first kappa shape index (κ1) is 44.2. The number of benzene rings is 3.